The lowest BCUT2D eigenvalue weighted by Crippen LogP contribution is -2.17. The molecule has 20 heavy (non-hydrogen) atoms. The first kappa shape index (κ1) is 15.2. The maximum absolute atomic E-state index is 6.06. The normalized spacial score (nSPS) is 12.1. The second-order valence-corrected chi connectivity index (χ2v) is 6.55. The van der Waals surface area contributed by atoms with Crippen LogP contribution in [0.4, 0.5) is 0 Å². The van der Waals surface area contributed by atoms with Crippen molar-refractivity contribution in [3.8, 4) is 5.75 Å². The van der Waals surface area contributed by atoms with Crippen LogP contribution >= 0.6 is 11.6 Å². The van der Waals surface area contributed by atoms with Crippen LogP contribution in [-0.4, -0.2) is 16.2 Å². The van der Waals surface area contributed by atoms with E-state index in [4.69, 9.17) is 16.3 Å². The van der Waals surface area contributed by atoms with Gasteiger partial charge in [0.15, 0.2) is 0 Å². The molecule has 2 aromatic rings. The van der Waals surface area contributed by atoms with Crippen LogP contribution in [0.5, 0.6) is 5.75 Å². The van der Waals surface area contributed by atoms with Crippen LogP contribution in [-0.2, 0) is 12.4 Å². The molecule has 1 aromatic carbocycles. The van der Waals surface area contributed by atoms with E-state index in [1.807, 2.05) is 12.1 Å². The molecule has 110 valence electrons. The van der Waals surface area contributed by atoms with Gasteiger partial charge in [0, 0.05) is 6.54 Å². The van der Waals surface area contributed by atoms with Crippen LogP contribution in [0.15, 0.2) is 18.2 Å². The lowest BCUT2D eigenvalue weighted by molar-refractivity contribution is 0.320. The van der Waals surface area contributed by atoms with E-state index in [0.717, 1.165) is 35.6 Å². The molecule has 1 heterocycles. The quantitative estimate of drug-likeness (QED) is 0.753. The van der Waals surface area contributed by atoms with Crippen molar-refractivity contribution in [3.05, 3.63) is 24.0 Å². The van der Waals surface area contributed by atoms with Crippen molar-refractivity contribution in [1.82, 2.24) is 9.55 Å². The van der Waals surface area contributed by atoms with Crippen LogP contribution < -0.4 is 4.74 Å². The van der Waals surface area contributed by atoms with Gasteiger partial charge in [0.2, 0.25) is 0 Å². The Morgan fingerprint density at radius 2 is 2.05 bits per heavy atom. The maximum atomic E-state index is 6.06. The molecule has 0 spiro atoms. The Kier molecular flexibility index (Phi) is 4.59. The fraction of sp³-hybridized carbons (Fsp3) is 0.562. The summed E-state index contributed by atoms with van der Waals surface area (Å²) in [6.45, 7) is 10.4. The zero-order valence-electron chi connectivity index (χ0n) is 12.7. The largest absolute Gasteiger partial charge is 0.491 e. The number of aromatic nitrogens is 2. The van der Waals surface area contributed by atoms with E-state index in [-0.39, 0.29) is 5.41 Å². The molecule has 4 heteroatoms. The summed E-state index contributed by atoms with van der Waals surface area (Å²) in [6, 6.07) is 6.08. The van der Waals surface area contributed by atoms with Crippen molar-refractivity contribution < 1.29 is 4.74 Å². The summed E-state index contributed by atoms with van der Waals surface area (Å²) in [5, 5.41) is 0. The Labute approximate surface area is 125 Å². The zero-order chi connectivity index (χ0) is 14.8. The van der Waals surface area contributed by atoms with Gasteiger partial charge in [0.25, 0.3) is 0 Å². The molecule has 0 saturated heterocycles. The van der Waals surface area contributed by atoms with E-state index in [2.05, 4.69) is 43.3 Å². The van der Waals surface area contributed by atoms with Crippen LogP contribution in [0.3, 0.4) is 0 Å². The van der Waals surface area contributed by atoms with Gasteiger partial charge in [-0.15, -0.1) is 11.6 Å². The van der Waals surface area contributed by atoms with Gasteiger partial charge in [0.1, 0.15) is 17.1 Å². The van der Waals surface area contributed by atoms with E-state index >= 15 is 0 Å². The number of benzene rings is 1. The first-order valence-electron chi connectivity index (χ1n) is 7.13. The molecule has 0 N–H and O–H groups in total. The minimum Gasteiger partial charge on any atom is -0.491 e. The fourth-order valence-corrected chi connectivity index (χ4v) is 2.45. The summed E-state index contributed by atoms with van der Waals surface area (Å²) >= 11 is 6.06. The van der Waals surface area contributed by atoms with Crippen LogP contribution in [0.1, 0.15) is 39.9 Å². The van der Waals surface area contributed by atoms with E-state index in [0.29, 0.717) is 12.5 Å². The lowest BCUT2D eigenvalue weighted by Gasteiger charge is -2.20. The second-order valence-electron chi connectivity index (χ2n) is 6.28. The van der Waals surface area contributed by atoms with Gasteiger partial charge in [0.05, 0.1) is 18.0 Å². The number of ether oxygens (including phenoxy) is 1. The molecule has 3 nitrogen and oxygen atoms in total. The Morgan fingerprint density at radius 3 is 2.65 bits per heavy atom. The topological polar surface area (TPSA) is 27.1 Å². The molecule has 0 saturated carbocycles. The first-order valence-corrected chi connectivity index (χ1v) is 7.66. The van der Waals surface area contributed by atoms with Gasteiger partial charge < -0.3 is 9.30 Å². The van der Waals surface area contributed by atoms with Crippen molar-refractivity contribution in [2.24, 2.45) is 5.41 Å². The summed E-state index contributed by atoms with van der Waals surface area (Å²) in [4.78, 5) is 4.67. The third-order valence-corrected chi connectivity index (χ3v) is 3.27. The number of rotatable bonds is 5. The van der Waals surface area contributed by atoms with Crippen molar-refractivity contribution in [2.45, 2.75) is 46.5 Å². The summed E-state index contributed by atoms with van der Waals surface area (Å²) in [5.74, 6) is 2.17. The monoisotopic (exact) mass is 294 g/mol. The number of fused-ring (bicyclic) bond motifs is 1. The molecular weight excluding hydrogens is 272 g/mol. The third kappa shape index (κ3) is 3.26. The Balaban J connectivity index is 2.51. The molecule has 0 fully saturated rings. The summed E-state index contributed by atoms with van der Waals surface area (Å²) < 4.78 is 8.00. The van der Waals surface area contributed by atoms with Crippen LogP contribution in [0.25, 0.3) is 11.0 Å². The Morgan fingerprint density at radius 1 is 1.30 bits per heavy atom. The van der Waals surface area contributed by atoms with Gasteiger partial charge in [-0.3, -0.25) is 0 Å². The van der Waals surface area contributed by atoms with E-state index in [9.17, 15) is 0 Å². The molecule has 0 aliphatic heterocycles. The summed E-state index contributed by atoms with van der Waals surface area (Å²) in [5.41, 5.74) is 2.19. The smallest absolute Gasteiger partial charge is 0.147 e. The number of imidazole rings is 1. The highest BCUT2D eigenvalue weighted by molar-refractivity contribution is 6.16. The van der Waals surface area contributed by atoms with E-state index in [1.165, 1.54) is 0 Å². The van der Waals surface area contributed by atoms with Crippen molar-refractivity contribution in [1.29, 1.82) is 0 Å². The van der Waals surface area contributed by atoms with Gasteiger partial charge in [-0.1, -0.05) is 33.8 Å². The molecule has 0 aliphatic rings. The number of halogens is 1. The lowest BCUT2D eigenvalue weighted by atomic mass is 9.97. The molecule has 0 unspecified atom stereocenters. The highest BCUT2D eigenvalue weighted by Crippen LogP contribution is 2.29. The maximum Gasteiger partial charge on any atom is 0.147 e. The third-order valence-electron chi connectivity index (χ3n) is 3.03. The molecule has 0 atom stereocenters. The van der Waals surface area contributed by atoms with Gasteiger partial charge >= 0.3 is 0 Å². The fourth-order valence-electron chi connectivity index (χ4n) is 2.25. The number of nitrogens with zero attached hydrogens (tertiary/aromatic N) is 2. The molecule has 0 bridgehead atoms. The van der Waals surface area contributed by atoms with Crippen LogP contribution in [0.2, 0.25) is 0 Å². The highest BCUT2D eigenvalue weighted by atomic mass is 35.5. The van der Waals surface area contributed by atoms with Crippen molar-refractivity contribution >= 4 is 22.6 Å². The minimum atomic E-state index is 0.175. The van der Waals surface area contributed by atoms with E-state index < -0.39 is 0 Å². The summed E-state index contributed by atoms with van der Waals surface area (Å²) in [6.07, 6.45) is 0.988. The van der Waals surface area contributed by atoms with Gasteiger partial charge in [-0.25, -0.2) is 4.98 Å². The zero-order valence-corrected chi connectivity index (χ0v) is 13.5. The number of para-hydroxylation sites is 1. The minimum absolute atomic E-state index is 0.175. The standard InChI is InChI=1S/C16H23ClN2O/c1-5-9-20-13-8-6-7-12-15(13)18-14(10-17)19(12)11-16(2,3)4/h6-8H,5,9-11H2,1-4H3. The van der Waals surface area contributed by atoms with Crippen molar-refractivity contribution in [2.75, 3.05) is 6.61 Å². The predicted octanol–water partition coefficient (Wildman–Crippen LogP) is 4.61. The predicted molar refractivity (Wildman–Crippen MR) is 84.5 cm³/mol. The number of alkyl halides is 1. The highest BCUT2D eigenvalue weighted by Gasteiger charge is 2.18. The van der Waals surface area contributed by atoms with Gasteiger partial charge in [-0.05, 0) is 24.0 Å². The average molecular weight is 295 g/mol. The molecule has 2 rings (SSSR count). The van der Waals surface area contributed by atoms with Gasteiger partial charge in [-0.2, -0.15) is 0 Å². The average Bonchev–Trinajstić information content (AvgIpc) is 2.73. The number of hydrogen-bond donors (Lipinski definition) is 0. The van der Waals surface area contributed by atoms with Crippen LogP contribution in [0, 0.1) is 5.41 Å². The molecular formula is C16H23ClN2O. The van der Waals surface area contributed by atoms with Crippen molar-refractivity contribution in [3.63, 3.8) is 0 Å². The Bertz CT molecular complexity index is 584. The molecule has 0 amide bonds. The number of hydrogen-bond acceptors (Lipinski definition) is 2. The molecule has 0 radical (unpaired) electrons. The molecule has 1 aromatic heterocycles. The molecule has 0 aliphatic carbocycles. The SMILES string of the molecule is CCCOc1cccc2c1nc(CCl)n2CC(C)(C)C. The first-order chi connectivity index (χ1) is 9.46. The Hall–Kier alpha value is -1.22. The second kappa shape index (κ2) is 6.04. The van der Waals surface area contributed by atoms with E-state index in [1.54, 1.807) is 0 Å². The summed E-state index contributed by atoms with van der Waals surface area (Å²) in [7, 11) is 0.